The van der Waals surface area contributed by atoms with Crippen LogP contribution in [0.25, 0.3) is 11.4 Å². The smallest absolute Gasteiger partial charge is 0.319 e. The Morgan fingerprint density at radius 2 is 2.00 bits per heavy atom. The number of anilines is 1. The number of aromatic nitrogens is 3. The molecule has 1 aromatic carbocycles. The number of nitrogens with zero attached hydrogens (tertiary/aromatic N) is 4. The minimum atomic E-state index is -0.172. The summed E-state index contributed by atoms with van der Waals surface area (Å²) in [7, 11) is 1.83. The number of urea groups is 1. The van der Waals surface area contributed by atoms with Crippen molar-refractivity contribution in [1.82, 2.24) is 25.0 Å². The Hall–Kier alpha value is -2.45. The van der Waals surface area contributed by atoms with E-state index in [9.17, 15) is 4.79 Å². The summed E-state index contributed by atoms with van der Waals surface area (Å²) in [6.07, 6.45) is 7.66. The third-order valence-electron chi connectivity index (χ3n) is 6.02. The van der Waals surface area contributed by atoms with Gasteiger partial charge in [0.25, 0.3) is 0 Å². The molecular weight excluding hydrogens is 368 g/mol. The quantitative estimate of drug-likeness (QED) is 0.809. The van der Waals surface area contributed by atoms with Crippen LogP contribution in [0.3, 0.4) is 0 Å². The van der Waals surface area contributed by atoms with E-state index in [-0.39, 0.29) is 11.6 Å². The van der Waals surface area contributed by atoms with Crippen LogP contribution in [0, 0.1) is 0 Å². The normalized spacial score (nSPS) is 19.6. The van der Waals surface area contributed by atoms with E-state index >= 15 is 0 Å². The molecule has 4 rings (SSSR count). The van der Waals surface area contributed by atoms with E-state index in [4.69, 9.17) is 4.74 Å². The van der Waals surface area contributed by atoms with E-state index in [2.05, 4.69) is 25.6 Å². The molecule has 8 nitrogen and oxygen atoms in total. The van der Waals surface area contributed by atoms with Gasteiger partial charge in [0, 0.05) is 43.5 Å². The van der Waals surface area contributed by atoms with E-state index in [0.717, 1.165) is 50.4 Å². The highest BCUT2D eigenvalue weighted by Gasteiger charge is 2.38. The molecule has 0 spiro atoms. The zero-order chi connectivity index (χ0) is 20.1. The third-order valence-corrected chi connectivity index (χ3v) is 6.02. The Labute approximate surface area is 171 Å². The summed E-state index contributed by atoms with van der Waals surface area (Å²) < 4.78 is 7.20. The molecule has 2 aliphatic rings. The van der Waals surface area contributed by atoms with Crippen molar-refractivity contribution >= 4 is 11.7 Å². The molecule has 1 aromatic heterocycles. The summed E-state index contributed by atoms with van der Waals surface area (Å²) in [6, 6.07) is 7.44. The molecule has 1 aliphatic carbocycles. The number of ether oxygens (including phenoxy) is 1. The Bertz CT molecular complexity index is 824. The van der Waals surface area contributed by atoms with Crippen molar-refractivity contribution in [2.75, 3.05) is 38.2 Å². The molecular formula is C21H30N6O2. The minimum absolute atomic E-state index is 0.0547. The summed E-state index contributed by atoms with van der Waals surface area (Å²) in [5, 5.41) is 10.4. The van der Waals surface area contributed by atoms with Gasteiger partial charge in [0.2, 0.25) is 0 Å². The second-order valence-electron chi connectivity index (χ2n) is 8.01. The average Bonchev–Trinajstić information content (AvgIpc) is 3.20. The Morgan fingerprint density at radius 1 is 1.21 bits per heavy atom. The van der Waals surface area contributed by atoms with Crippen molar-refractivity contribution in [3.63, 3.8) is 0 Å². The fourth-order valence-electron chi connectivity index (χ4n) is 4.48. The predicted molar refractivity (Wildman–Crippen MR) is 112 cm³/mol. The van der Waals surface area contributed by atoms with Gasteiger partial charge in [-0.25, -0.2) is 9.78 Å². The van der Waals surface area contributed by atoms with E-state index in [1.165, 1.54) is 19.3 Å². The molecule has 2 aromatic rings. The van der Waals surface area contributed by atoms with Gasteiger partial charge in [-0.05, 0) is 25.0 Å². The molecule has 156 valence electrons. The Balaban J connectivity index is 1.38. The number of hydrogen-bond acceptors (Lipinski definition) is 5. The van der Waals surface area contributed by atoms with Crippen molar-refractivity contribution < 1.29 is 9.53 Å². The Kier molecular flexibility index (Phi) is 6.10. The van der Waals surface area contributed by atoms with Gasteiger partial charge in [0.05, 0.1) is 13.2 Å². The molecule has 0 atom stereocenters. The molecule has 0 unspecified atom stereocenters. The van der Waals surface area contributed by atoms with Crippen LogP contribution < -0.4 is 10.6 Å². The topological polar surface area (TPSA) is 84.3 Å². The first-order chi connectivity index (χ1) is 14.1. The predicted octanol–water partition coefficient (Wildman–Crippen LogP) is 2.64. The van der Waals surface area contributed by atoms with Gasteiger partial charge < -0.3 is 15.4 Å². The van der Waals surface area contributed by atoms with E-state index in [1.807, 2.05) is 31.3 Å². The van der Waals surface area contributed by atoms with Crippen LogP contribution in [0.4, 0.5) is 10.5 Å². The molecule has 1 saturated carbocycles. The van der Waals surface area contributed by atoms with E-state index < -0.39 is 0 Å². The highest BCUT2D eigenvalue weighted by Crippen LogP contribution is 2.34. The zero-order valence-electron chi connectivity index (χ0n) is 17.1. The second-order valence-corrected chi connectivity index (χ2v) is 8.01. The highest BCUT2D eigenvalue weighted by atomic mass is 16.5. The highest BCUT2D eigenvalue weighted by molar-refractivity contribution is 5.90. The van der Waals surface area contributed by atoms with Gasteiger partial charge in [-0.1, -0.05) is 31.4 Å². The molecule has 0 bridgehead atoms. The molecule has 2 N–H and O–H groups in total. The summed E-state index contributed by atoms with van der Waals surface area (Å²) in [6.45, 7) is 4.12. The van der Waals surface area contributed by atoms with Gasteiger partial charge >= 0.3 is 6.03 Å². The molecule has 2 heterocycles. The van der Waals surface area contributed by atoms with Crippen LogP contribution in [-0.2, 0) is 11.8 Å². The first kappa shape index (κ1) is 19.8. The first-order valence-corrected chi connectivity index (χ1v) is 10.5. The molecule has 1 aliphatic heterocycles. The maximum Gasteiger partial charge on any atom is 0.319 e. The van der Waals surface area contributed by atoms with Crippen LogP contribution >= 0.6 is 0 Å². The van der Waals surface area contributed by atoms with Crippen LogP contribution in [0.1, 0.15) is 32.1 Å². The first-order valence-electron chi connectivity index (χ1n) is 10.5. The number of carbonyl (C=O) groups excluding carboxylic acids is 1. The molecule has 1 saturated heterocycles. The lowest BCUT2D eigenvalue weighted by molar-refractivity contribution is -0.0356. The lowest BCUT2D eigenvalue weighted by Crippen LogP contribution is -2.60. The van der Waals surface area contributed by atoms with Crippen molar-refractivity contribution in [2.24, 2.45) is 7.05 Å². The standard InChI is InChI=1S/C21H30N6O2/c1-26-16-23-19(25-26)17-6-5-7-18(14-17)24-20(28)22-15-21(8-3-2-4-9-21)27-10-12-29-13-11-27/h5-7,14,16H,2-4,8-13,15H2,1H3,(H2,22,24,28). The van der Waals surface area contributed by atoms with Crippen molar-refractivity contribution in [3.8, 4) is 11.4 Å². The number of aryl methyl sites for hydroxylation is 1. The van der Waals surface area contributed by atoms with Crippen molar-refractivity contribution in [1.29, 1.82) is 0 Å². The van der Waals surface area contributed by atoms with Gasteiger partial charge in [-0.3, -0.25) is 9.58 Å². The molecule has 0 radical (unpaired) electrons. The fraction of sp³-hybridized carbons (Fsp3) is 0.571. The number of nitrogens with one attached hydrogen (secondary N) is 2. The fourth-order valence-corrected chi connectivity index (χ4v) is 4.48. The van der Waals surface area contributed by atoms with Crippen LogP contribution in [0.5, 0.6) is 0 Å². The minimum Gasteiger partial charge on any atom is -0.379 e. The summed E-state index contributed by atoms with van der Waals surface area (Å²) in [5.41, 5.74) is 1.66. The van der Waals surface area contributed by atoms with Gasteiger partial charge in [-0.2, -0.15) is 5.10 Å². The van der Waals surface area contributed by atoms with Gasteiger partial charge in [-0.15, -0.1) is 0 Å². The van der Waals surface area contributed by atoms with E-state index in [1.54, 1.807) is 11.0 Å². The zero-order valence-corrected chi connectivity index (χ0v) is 17.1. The maximum atomic E-state index is 12.6. The lowest BCUT2D eigenvalue weighted by atomic mass is 9.80. The molecule has 2 fully saturated rings. The van der Waals surface area contributed by atoms with Crippen molar-refractivity contribution in [3.05, 3.63) is 30.6 Å². The number of morpholine rings is 1. The molecule has 2 amide bonds. The summed E-state index contributed by atoms with van der Waals surface area (Å²) >= 11 is 0. The van der Waals surface area contributed by atoms with Gasteiger partial charge in [0.1, 0.15) is 6.33 Å². The number of hydrogen-bond donors (Lipinski definition) is 2. The van der Waals surface area contributed by atoms with E-state index in [0.29, 0.717) is 12.4 Å². The SMILES string of the molecule is Cn1cnc(-c2cccc(NC(=O)NCC3(N4CCOCC4)CCCCC3)c2)n1. The molecule has 8 heteroatoms. The number of rotatable bonds is 5. The summed E-state index contributed by atoms with van der Waals surface area (Å²) in [4.78, 5) is 19.4. The average molecular weight is 399 g/mol. The summed E-state index contributed by atoms with van der Waals surface area (Å²) in [5.74, 6) is 0.644. The molecule has 29 heavy (non-hydrogen) atoms. The van der Waals surface area contributed by atoms with Crippen LogP contribution in [0.2, 0.25) is 0 Å². The van der Waals surface area contributed by atoms with Crippen molar-refractivity contribution in [2.45, 2.75) is 37.6 Å². The monoisotopic (exact) mass is 398 g/mol. The maximum absolute atomic E-state index is 12.6. The van der Waals surface area contributed by atoms with Crippen LogP contribution in [-0.4, -0.2) is 64.1 Å². The van der Waals surface area contributed by atoms with Crippen LogP contribution in [0.15, 0.2) is 30.6 Å². The Morgan fingerprint density at radius 3 is 2.72 bits per heavy atom. The second kappa shape index (κ2) is 8.92. The number of benzene rings is 1. The number of carbonyl (C=O) groups is 1. The third kappa shape index (κ3) is 4.76. The lowest BCUT2D eigenvalue weighted by Gasteiger charge is -2.48. The van der Waals surface area contributed by atoms with Gasteiger partial charge in [0.15, 0.2) is 5.82 Å². The largest absolute Gasteiger partial charge is 0.379 e. The number of amides is 2.